The van der Waals surface area contributed by atoms with Gasteiger partial charge in [-0.25, -0.2) is 0 Å². The highest BCUT2D eigenvalue weighted by molar-refractivity contribution is 5.54. The number of hydrogen-bond acceptors (Lipinski definition) is 5. The summed E-state index contributed by atoms with van der Waals surface area (Å²) >= 11 is 0. The van der Waals surface area contributed by atoms with E-state index in [0.717, 1.165) is 0 Å². The molecule has 126 valence electrons. The van der Waals surface area contributed by atoms with Gasteiger partial charge in [0.1, 0.15) is 16.8 Å². The molecule has 0 aliphatic heterocycles. The lowest BCUT2D eigenvalue weighted by molar-refractivity contribution is -0.448. The Morgan fingerprint density at radius 1 is 0.792 bits per heavy atom. The fourth-order valence-electron chi connectivity index (χ4n) is 4.85. The Labute approximate surface area is 139 Å². The summed E-state index contributed by atoms with van der Waals surface area (Å²) in [6.07, 6.45) is -1.25. The monoisotopic (exact) mass is 328 g/mol. The van der Waals surface area contributed by atoms with Crippen LogP contribution < -0.4 is 0 Å². The van der Waals surface area contributed by atoms with Crippen LogP contribution in [0.3, 0.4) is 0 Å². The smallest absolute Gasteiger partial charge is 0.137 e. The van der Waals surface area contributed by atoms with Crippen LogP contribution in [-0.2, 0) is 0 Å². The summed E-state index contributed by atoms with van der Waals surface area (Å²) in [5.41, 5.74) is -4.70. The van der Waals surface area contributed by atoms with Gasteiger partial charge in [-0.15, -0.1) is 0 Å². The highest BCUT2D eigenvalue weighted by Crippen LogP contribution is 2.74. The zero-order valence-corrected chi connectivity index (χ0v) is 12.9. The normalized spacial score (nSPS) is 43.5. The van der Waals surface area contributed by atoms with Crippen molar-refractivity contribution in [3.8, 4) is 0 Å². The molecule has 0 heterocycles. The van der Waals surface area contributed by atoms with Crippen LogP contribution in [0.15, 0.2) is 60.7 Å². The van der Waals surface area contributed by atoms with Crippen LogP contribution in [0.4, 0.5) is 0 Å². The molecular weight excluding hydrogens is 308 g/mol. The molecule has 0 aromatic heterocycles. The standard InChI is InChI=1S/C19H20O5/c20-11-17(22)15(13-9-5-2-6-10-13)18(23)16(21)14(19(17,18)24)12-7-3-1-4-8-12/h1-10,14-16,20-24H,11H2/t14?,15?,16?,17-,18-,19+/m0/s1. The molecule has 0 radical (unpaired) electrons. The van der Waals surface area contributed by atoms with Crippen molar-refractivity contribution >= 4 is 0 Å². The van der Waals surface area contributed by atoms with Gasteiger partial charge in [-0.1, -0.05) is 60.7 Å². The molecule has 0 bridgehead atoms. The molecule has 0 spiro atoms. The van der Waals surface area contributed by atoms with Crippen LogP contribution in [0.25, 0.3) is 0 Å². The van der Waals surface area contributed by atoms with Crippen molar-refractivity contribution in [1.29, 1.82) is 0 Å². The zero-order valence-electron chi connectivity index (χ0n) is 12.9. The first-order valence-electron chi connectivity index (χ1n) is 7.99. The molecule has 3 unspecified atom stereocenters. The third-order valence-electron chi connectivity index (χ3n) is 5.94. The Balaban J connectivity index is 1.82. The molecule has 5 heteroatoms. The molecule has 2 fully saturated rings. The molecule has 2 aliphatic rings. The lowest BCUT2D eigenvalue weighted by atomic mass is 9.31. The average molecular weight is 328 g/mol. The minimum absolute atomic E-state index is 0.562. The largest absolute Gasteiger partial charge is 0.393 e. The third-order valence-corrected chi connectivity index (χ3v) is 5.94. The lowest BCUT2D eigenvalue weighted by Gasteiger charge is -2.79. The molecule has 0 amide bonds. The first kappa shape index (κ1) is 15.7. The molecule has 0 saturated heterocycles. The summed E-state index contributed by atoms with van der Waals surface area (Å²) in [5.74, 6) is -1.85. The van der Waals surface area contributed by atoms with Crippen molar-refractivity contribution in [1.82, 2.24) is 0 Å². The zero-order chi connectivity index (χ0) is 17.2. The van der Waals surface area contributed by atoms with Crippen molar-refractivity contribution < 1.29 is 25.5 Å². The molecule has 2 aromatic rings. The quantitative estimate of drug-likeness (QED) is 0.551. The molecule has 2 saturated carbocycles. The SMILES string of the molecule is OC[C@]1(O)C(c2ccccc2)[C@]2(O)C(O)C(c3ccccc3)[C@]21O. The molecule has 5 N–H and O–H groups in total. The minimum atomic E-state index is -2.02. The summed E-state index contributed by atoms with van der Waals surface area (Å²) in [6.45, 7) is -0.721. The van der Waals surface area contributed by atoms with E-state index in [9.17, 15) is 25.5 Å². The van der Waals surface area contributed by atoms with Gasteiger partial charge in [-0.3, -0.25) is 0 Å². The van der Waals surface area contributed by atoms with Crippen molar-refractivity contribution in [3.63, 3.8) is 0 Å². The van der Waals surface area contributed by atoms with E-state index >= 15 is 0 Å². The van der Waals surface area contributed by atoms with E-state index in [1.165, 1.54) is 0 Å². The summed E-state index contributed by atoms with van der Waals surface area (Å²) in [5, 5.41) is 53.7. The second-order valence-electron chi connectivity index (χ2n) is 6.85. The van der Waals surface area contributed by atoms with Gasteiger partial charge >= 0.3 is 0 Å². The molecular formula is C19H20O5. The Hall–Kier alpha value is -1.76. The average Bonchev–Trinajstić information content (AvgIpc) is 2.63. The molecule has 5 nitrogen and oxygen atoms in total. The summed E-state index contributed by atoms with van der Waals surface area (Å²) in [6, 6.07) is 17.4. The topological polar surface area (TPSA) is 101 Å². The maximum Gasteiger partial charge on any atom is 0.137 e. The highest BCUT2D eigenvalue weighted by atomic mass is 16.4. The van der Waals surface area contributed by atoms with Crippen LogP contribution in [0, 0.1) is 0 Å². The van der Waals surface area contributed by atoms with Gasteiger partial charge in [0.25, 0.3) is 0 Å². The van der Waals surface area contributed by atoms with Gasteiger partial charge in [0.15, 0.2) is 0 Å². The maximum absolute atomic E-state index is 11.1. The predicted octanol–water partition coefficient (Wildman–Crippen LogP) is 0.128. The van der Waals surface area contributed by atoms with Crippen molar-refractivity contribution in [3.05, 3.63) is 71.8 Å². The Kier molecular flexibility index (Phi) is 3.20. The van der Waals surface area contributed by atoms with E-state index in [1.54, 1.807) is 60.7 Å². The summed E-state index contributed by atoms with van der Waals surface area (Å²) < 4.78 is 0. The second-order valence-corrected chi connectivity index (χ2v) is 6.85. The third kappa shape index (κ3) is 1.48. The molecule has 2 aliphatic carbocycles. The summed E-state index contributed by atoms with van der Waals surface area (Å²) in [4.78, 5) is 0. The Morgan fingerprint density at radius 3 is 1.79 bits per heavy atom. The van der Waals surface area contributed by atoms with E-state index in [1.807, 2.05) is 0 Å². The fourth-order valence-corrected chi connectivity index (χ4v) is 4.85. The van der Waals surface area contributed by atoms with Crippen molar-refractivity contribution in [2.45, 2.75) is 34.7 Å². The predicted molar refractivity (Wildman–Crippen MR) is 86.3 cm³/mol. The van der Waals surface area contributed by atoms with Gasteiger partial charge in [0.05, 0.1) is 18.6 Å². The van der Waals surface area contributed by atoms with Gasteiger partial charge in [-0.2, -0.15) is 0 Å². The van der Waals surface area contributed by atoms with Crippen LogP contribution in [0.5, 0.6) is 0 Å². The maximum atomic E-state index is 11.1. The van der Waals surface area contributed by atoms with Crippen molar-refractivity contribution in [2.24, 2.45) is 0 Å². The van der Waals surface area contributed by atoms with E-state index in [0.29, 0.717) is 11.1 Å². The van der Waals surface area contributed by atoms with Gasteiger partial charge in [0, 0.05) is 5.92 Å². The van der Waals surface area contributed by atoms with Gasteiger partial charge in [-0.05, 0) is 11.1 Å². The lowest BCUT2D eigenvalue weighted by Crippen LogP contribution is -2.98. The number of benzene rings is 2. The first-order chi connectivity index (χ1) is 11.4. The minimum Gasteiger partial charge on any atom is -0.393 e. The van der Waals surface area contributed by atoms with Gasteiger partial charge in [0.2, 0.25) is 0 Å². The summed E-state index contributed by atoms with van der Waals surface area (Å²) in [7, 11) is 0. The van der Waals surface area contributed by atoms with Crippen LogP contribution >= 0.6 is 0 Å². The second kappa shape index (κ2) is 4.88. The van der Waals surface area contributed by atoms with E-state index in [-0.39, 0.29) is 0 Å². The number of fused-ring (bicyclic) bond motifs is 1. The molecule has 24 heavy (non-hydrogen) atoms. The fraction of sp³-hybridized carbons (Fsp3) is 0.368. The Morgan fingerprint density at radius 2 is 1.29 bits per heavy atom. The Bertz CT molecular complexity index is 739. The molecule has 6 atom stereocenters. The van der Waals surface area contributed by atoms with Crippen molar-refractivity contribution in [2.75, 3.05) is 6.61 Å². The van der Waals surface area contributed by atoms with Crippen LogP contribution in [-0.4, -0.2) is 55.0 Å². The first-order valence-corrected chi connectivity index (χ1v) is 7.99. The van der Waals surface area contributed by atoms with E-state index in [2.05, 4.69) is 0 Å². The molecule has 2 aromatic carbocycles. The molecule has 4 rings (SSSR count). The van der Waals surface area contributed by atoms with E-state index < -0.39 is 41.3 Å². The number of hydrogen-bond donors (Lipinski definition) is 5. The highest BCUT2D eigenvalue weighted by Gasteiger charge is 2.92. The number of aliphatic hydroxyl groups is 5. The van der Waals surface area contributed by atoms with E-state index in [4.69, 9.17) is 0 Å². The van der Waals surface area contributed by atoms with Crippen LogP contribution in [0.2, 0.25) is 0 Å². The van der Waals surface area contributed by atoms with Crippen LogP contribution in [0.1, 0.15) is 23.0 Å². The number of aliphatic hydroxyl groups excluding tert-OH is 2. The number of rotatable bonds is 3. The van der Waals surface area contributed by atoms with Gasteiger partial charge < -0.3 is 25.5 Å².